The van der Waals surface area contributed by atoms with Crippen molar-refractivity contribution in [3.05, 3.63) is 0 Å². The predicted molar refractivity (Wildman–Crippen MR) is 51.2 cm³/mol. The zero-order valence-corrected chi connectivity index (χ0v) is 8.76. The van der Waals surface area contributed by atoms with E-state index in [2.05, 4.69) is 5.32 Å². The van der Waals surface area contributed by atoms with Gasteiger partial charge in [-0.3, -0.25) is 14.5 Å². The maximum atomic E-state index is 11.5. The van der Waals surface area contributed by atoms with E-state index in [9.17, 15) is 9.59 Å². The second-order valence-corrected chi connectivity index (χ2v) is 3.21. The molecular formula is C9H18N2O2. The molecule has 1 N–H and O–H groups in total. The highest BCUT2D eigenvalue weighted by molar-refractivity contribution is 5.94. The predicted octanol–water partition coefficient (Wildman–Crippen LogP) is 0.237. The van der Waals surface area contributed by atoms with Gasteiger partial charge in [-0.1, -0.05) is 6.92 Å². The van der Waals surface area contributed by atoms with Crippen LogP contribution < -0.4 is 5.32 Å². The molecule has 0 aliphatic heterocycles. The van der Waals surface area contributed by atoms with Crippen molar-refractivity contribution in [3.63, 3.8) is 0 Å². The minimum atomic E-state index is -0.207. The maximum Gasteiger partial charge on any atom is 0.231 e. The van der Waals surface area contributed by atoms with E-state index in [0.717, 1.165) is 13.0 Å². The Morgan fingerprint density at radius 3 is 2.38 bits per heavy atom. The summed E-state index contributed by atoms with van der Waals surface area (Å²) in [5.74, 6) is -0.412. The van der Waals surface area contributed by atoms with Gasteiger partial charge in [0.25, 0.3) is 0 Å². The third kappa shape index (κ3) is 4.03. The molecule has 0 aliphatic carbocycles. The zero-order valence-electron chi connectivity index (χ0n) is 8.76. The largest absolute Gasteiger partial charge is 0.320 e. The molecule has 76 valence electrons. The van der Waals surface area contributed by atoms with Crippen molar-refractivity contribution in [2.75, 3.05) is 20.6 Å². The minimum Gasteiger partial charge on any atom is -0.320 e. The molecule has 13 heavy (non-hydrogen) atoms. The van der Waals surface area contributed by atoms with E-state index in [4.69, 9.17) is 0 Å². The normalized spacial score (nSPS) is 12.3. The van der Waals surface area contributed by atoms with E-state index in [1.165, 1.54) is 18.9 Å². The lowest BCUT2D eigenvalue weighted by molar-refractivity contribution is -0.144. The molecule has 4 nitrogen and oxygen atoms in total. The summed E-state index contributed by atoms with van der Waals surface area (Å²) in [6.45, 7) is 4.01. The molecule has 4 heteroatoms. The quantitative estimate of drug-likeness (QED) is 0.684. The molecule has 0 aromatic carbocycles. The Kier molecular flexibility index (Phi) is 5.30. The van der Waals surface area contributed by atoms with Gasteiger partial charge in [-0.15, -0.1) is 0 Å². The first-order valence-electron chi connectivity index (χ1n) is 4.43. The Bertz CT molecular complexity index is 192. The lowest BCUT2D eigenvalue weighted by Crippen LogP contribution is -2.36. The summed E-state index contributed by atoms with van der Waals surface area (Å²) in [6.07, 6.45) is 0.757. The van der Waals surface area contributed by atoms with E-state index < -0.39 is 0 Å². The number of amides is 2. The van der Waals surface area contributed by atoms with Crippen LogP contribution in [0.5, 0.6) is 0 Å². The van der Waals surface area contributed by atoms with E-state index in [0.29, 0.717) is 0 Å². The van der Waals surface area contributed by atoms with Crippen molar-refractivity contribution in [3.8, 4) is 0 Å². The molecule has 0 radical (unpaired) electrons. The summed E-state index contributed by atoms with van der Waals surface area (Å²) in [7, 11) is 3.35. The lowest BCUT2D eigenvalue weighted by atomic mass is 10.1. The topological polar surface area (TPSA) is 49.4 Å². The van der Waals surface area contributed by atoms with Crippen LogP contribution in [0.25, 0.3) is 0 Å². The molecule has 0 bridgehead atoms. The van der Waals surface area contributed by atoms with Crippen LogP contribution in [-0.4, -0.2) is 37.4 Å². The maximum absolute atomic E-state index is 11.5. The van der Waals surface area contributed by atoms with Crippen LogP contribution in [0.4, 0.5) is 0 Å². The van der Waals surface area contributed by atoms with E-state index in [1.807, 2.05) is 14.0 Å². The number of carbonyl (C=O) groups excluding carboxylic acids is 2. The van der Waals surface area contributed by atoms with Gasteiger partial charge in [0.05, 0.1) is 0 Å². The van der Waals surface area contributed by atoms with Gasteiger partial charge in [-0.25, -0.2) is 0 Å². The molecule has 1 atom stereocenters. The van der Waals surface area contributed by atoms with E-state index in [-0.39, 0.29) is 17.7 Å². The Morgan fingerprint density at radius 2 is 2.00 bits per heavy atom. The number of hydrogen-bond acceptors (Lipinski definition) is 3. The van der Waals surface area contributed by atoms with Crippen molar-refractivity contribution >= 4 is 11.8 Å². The Labute approximate surface area is 79.3 Å². The smallest absolute Gasteiger partial charge is 0.231 e. The number of nitrogens with zero attached hydrogens (tertiary/aromatic N) is 1. The highest BCUT2D eigenvalue weighted by atomic mass is 16.2. The molecule has 0 saturated carbocycles. The van der Waals surface area contributed by atoms with Crippen molar-refractivity contribution in [1.29, 1.82) is 0 Å². The number of imide groups is 1. The average molecular weight is 186 g/mol. The number of hydrogen-bond donors (Lipinski definition) is 1. The summed E-state index contributed by atoms with van der Waals surface area (Å²) in [4.78, 5) is 23.5. The summed E-state index contributed by atoms with van der Waals surface area (Å²) >= 11 is 0. The third-order valence-corrected chi connectivity index (χ3v) is 2.05. The zero-order chi connectivity index (χ0) is 10.4. The van der Waals surface area contributed by atoms with Crippen LogP contribution in [0, 0.1) is 5.92 Å². The number of nitrogens with one attached hydrogen (secondary N) is 1. The van der Waals surface area contributed by atoms with E-state index in [1.54, 1.807) is 0 Å². The lowest BCUT2D eigenvalue weighted by Gasteiger charge is -2.17. The molecule has 0 heterocycles. The fraction of sp³-hybridized carbons (Fsp3) is 0.778. The Morgan fingerprint density at radius 1 is 1.46 bits per heavy atom. The molecule has 1 unspecified atom stereocenters. The number of carbonyl (C=O) groups is 2. The molecule has 0 aromatic heterocycles. The van der Waals surface area contributed by atoms with Crippen LogP contribution in [0.3, 0.4) is 0 Å². The van der Waals surface area contributed by atoms with Crippen LogP contribution in [-0.2, 0) is 9.59 Å². The first kappa shape index (κ1) is 12.1. The second-order valence-electron chi connectivity index (χ2n) is 3.21. The van der Waals surface area contributed by atoms with Crippen molar-refractivity contribution < 1.29 is 9.59 Å². The molecule has 2 amide bonds. The van der Waals surface area contributed by atoms with Crippen LogP contribution in [0.2, 0.25) is 0 Å². The fourth-order valence-electron chi connectivity index (χ4n) is 0.970. The van der Waals surface area contributed by atoms with Crippen molar-refractivity contribution in [2.45, 2.75) is 20.3 Å². The Hall–Kier alpha value is -0.900. The van der Waals surface area contributed by atoms with Crippen LogP contribution in [0.1, 0.15) is 20.3 Å². The monoisotopic (exact) mass is 186 g/mol. The SMILES string of the molecule is CNCCC(C)C(=O)N(C)C(C)=O. The molecule has 0 aliphatic rings. The standard InChI is InChI=1S/C9H18N2O2/c1-7(5-6-10-3)9(13)11(4)8(2)12/h7,10H,5-6H2,1-4H3. The van der Waals surface area contributed by atoms with Gasteiger partial charge in [0, 0.05) is 19.9 Å². The molecule has 0 aromatic rings. The van der Waals surface area contributed by atoms with Gasteiger partial charge in [-0.2, -0.15) is 0 Å². The van der Waals surface area contributed by atoms with Crippen LogP contribution in [0.15, 0.2) is 0 Å². The van der Waals surface area contributed by atoms with Crippen molar-refractivity contribution in [1.82, 2.24) is 10.2 Å². The molecule has 0 saturated heterocycles. The molecule has 0 rings (SSSR count). The van der Waals surface area contributed by atoms with Crippen molar-refractivity contribution in [2.24, 2.45) is 5.92 Å². The highest BCUT2D eigenvalue weighted by Gasteiger charge is 2.19. The number of rotatable bonds is 4. The van der Waals surface area contributed by atoms with Gasteiger partial charge < -0.3 is 5.32 Å². The van der Waals surface area contributed by atoms with Gasteiger partial charge in [0.2, 0.25) is 11.8 Å². The second kappa shape index (κ2) is 5.70. The first-order valence-corrected chi connectivity index (χ1v) is 4.43. The molecule has 0 fully saturated rings. The Balaban J connectivity index is 4.01. The van der Waals surface area contributed by atoms with Gasteiger partial charge in [0.1, 0.15) is 0 Å². The molecular weight excluding hydrogens is 168 g/mol. The van der Waals surface area contributed by atoms with Gasteiger partial charge in [-0.05, 0) is 20.0 Å². The highest BCUT2D eigenvalue weighted by Crippen LogP contribution is 2.05. The summed E-state index contributed by atoms with van der Waals surface area (Å²) in [6, 6.07) is 0. The van der Waals surface area contributed by atoms with E-state index >= 15 is 0 Å². The fourth-order valence-corrected chi connectivity index (χ4v) is 0.970. The average Bonchev–Trinajstić information content (AvgIpc) is 2.11. The minimum absolute atomic E-state index is 0.0960. The summed E-state index contributed by atoms with van der Waals surface area (Å²) in [5, 5.41) is 2.97. The van der Waals surface area contributed by atoms with Gasteiger partial charge in [0.15, 0.2) is 0 Å². The first-order chi connectivity index (χ1) is 6.00. The van der Waals surface area contributed by atoms with Crippen LogP contribution >= 0.6 is 0 Å². The third-order valence-electron chi connectivity index (χ3n) is 2.05. The molecule has 0 spiro atoms. The summed E-state index contributed by atoms with van der Waals surface area (Å²) < 4.78 is 0. The van der Waals surface area contributed by atoms with Gasteiger partial charge >= 0.3 is 0 Å². The summed E-state index contributed by atoms with van der Waals surface area (Å²) in [5.41, 5.74) is 0.